The zero-order chi connectivity index (χ0) is 13.1. The van der Waals surface area contributed by atoms with Gasteiger partial charge in [-0.3, -0.25) is 14.8 Å². The second-order valence-electron chi connectivity index (χ2n) is 4.59. The van der Waals surface area contributed by atoms with Crippen molar-refractivity contribution in [2.24, 2.45) is 13.0 Å². The van der Waals surface area contributed by atoms with Crippen molar-refractivity contribution in [3.63, 3.8) is 0 Å². The van der Waals surface area contributed by atoms with E-state index in [4.69, 9.17) is 0 Å². The summed E-state index contributed by atoms with van der Waals surface area (Å²) in [5.74, 6) is 0.854. The van der Waals surface area contributed by atoms with E-state index < -0.39 is 0 Å². The number of amides is 1. The lowest BCUT2D eigenvalue weighted by Gasteiger charge is -2.10. The zero-order valence-corrected chi connectivity index (χ0v) is 10.8. The summed E-state index contributed by atoms with van der Waals surface area (Å²) in [4.78, 5) is 16.2. The fourth-order valence-corrected chi connectivity index (χ4v) is 1.74. The second-order valence-corrected chi connectivity index (χ2v) is 4.59. The maximum absolute atomic E-state index is 12.0. The van der Waals surface area contributed by atoms with Crippen molar-refractivity contribution in [1.82, 2.24) is 19.3 Å². The average molecular weight is 247 g/mol. The smallest absolute Gasteiger partial charge is 0.276 e. The lowest BCUT2D eigenvalue weighted by molar-refractivity contribution is 0.101. The van der Waals surface area contributed by atoms with E-state index in [1.807, 2.05) is 10.8 Å². The quantitative estimate of drug-likeness (QED) is 0.891. The fourth-order valence-electron chi connectivity index (χ4n) is 1.74. The molecular weight excluding hydrogens is 230 g/mol. The first-order chi connectivity index (χ1) is 8.58. The SMILES string of the molecule is CC(C)Cn1ccnc1NC(=O)c1ccnn1C. The van der Waals surface area contributed by atoms with Crippen molar-refractivity contribution in [1.29, 1.82) is 0 Å². The summed E-state index contributed by atoms with van der Waals surface area (Å²) in [6, 6.07) is 1.67. The molecule has 0 fully saturated rings. The minimum absolute atomic E-state index is 0.203. The van der Waals surface area contributed by atoms with E-state index >= 15 is 0 Å². The van der Waals surface area contributed by atoms with Gasteiger partial charge < -0.3 is 4.57 Å². The van der Waals surface area contributed by atoms with Crippen LogP contribution in [0.4, 0.5) is 5.95 Å². The number of aromatic nitrogens is 4. The molecule has 0 atom stereocenters. The van der Waals surface area contributed by atoms with Gasteiger partial charge in [-0.25, -0.2) is 4.98 Å². The van der Waals surface area contributed by atoms with Crippen LogP contribution >= 0.6 is 0 Å². The molecule has 0 aliphatic carbocycles. The zero-order valence-electron chi connectivity index (χ0n) is 10.8. The van der Waals surface area contributed by atoms with Crippen LogP contribution < -0.4 is 5.32 Å². The highest BCUT2D eigenvalue weighted by Gasteiger charge is 2.13. The first-order valence-corrected chi connectivity index (χ1v) is 5.88. The Morgan fingerprint density at radius 2 is 2.22 bits per heavy atom. The molecule has 0 saturated heterocycles. The Morgan fingerprint density at radius 3 is 2.83 bits per heavy atom. The van der Waals surface area contributed by atoms with Crippen molar-refractivity contribution >= 4 is 11.9 Å². The van der Waals surface area contributed by atoms with Crippen LogP contribution in [-0.2, 0) is 13.6 Å². The van der Waals surface area contributed by atoms with Gasteiger partial charge in [0.2, 0.25) is 5.95 Å². The van der Waals surface area contributed by atoms with E-state index in [-0.39, 0.29) is 5.91 Å². The van der Waals surface area contributed by atoms with Crippen molar-refractivity contribution in [3.05, 3.63) is 30.4 Å². The Labute approximate surface area is 106 Å². The van der Waals surface area contributed by atoms with Crippen molar-refractivity contribution in [2.75, 3.05) is 5.32 Å². The maximum Gasteiger partial charge on any atom is 0.276 e. The molecule has 96 valence electrons. The summed E-state index contributed by atoms with van der Waals surface area (Å²) in [5, 5.41) is 6.76. The standard InChI is InChI=1S/C12H17N5O/c1-9(2)8-17-7-6-13-12(17)15-11(18)10-4-5-14-16(10)3/h4-7,9H,8H2,1-3H3,(H,13,15,18). The number of carbonyl (C=O) groups excluding carboxylic acids is 1. The van der Waals surface area contributed by atoms with Crippen LogP contribution in [0.2, 0.25) is 0 Å². The van der Waals surface area contributed by atoms with Gasteiger partial charge in [0.25, 0.3) is 5.91 Å². The molecule has 0 aromatic carbocycles. The lowest BCUT2D eigenvalue weighted by Crippen LogP contribution is -2.19. The molecule has 6 nitrogen and oxygen atoms in total. The van der Waals surface area contributed by atoms with Gasteiger partial charge in [0.05, 0.1) is 0 Å². The molecule has 0 aliphatic rings. The van der Waals surface area contributed by atoms with Crippen molar-refractivity contribution < 1.29 is 4.79 Å². The Balaban J connectivity index is 2.13. The van der Waals surface area contributed by atoms with Crippen LogP contribution in [0.3, 0.4) is 0 Å². The van der Waals surface area contributed by atoms with Crippen molar-refractivity contribution in [3.8, 4) is 0 Å². The van der Waals surface area contributed by atoms with Gasteiger partial charge in [-0.05, 0) is 12.0 Å². The van der Waals surface area contributed by atoms with Gasteiger partial charge >= 0.3 is 0 Å². The van der Waals surface area contributed by atoms with E-state index in [1.54, 1.807) is 25.5 Å². The van der Waals surface area contributed by atoms with E-state index in [0.717, 1.165) is 6.54 Å². The van der Waals surface area contributed by atoms with E-state index in [0.29, 0.717) is 17.6 Å². The number of hydrogen-bond donors (Lipinski definition) is 1. The van der Waals surface area contributed by atoms with Gasteiger partial charge in [0.15, 0.2) is 0 Å². The second kappa shape index (κ2) is 5.03. The summed E-state index contributed by atoms with van der Waals surface area (Å²) in [5.41, 5.74) is 0.508. The van der Waals surface area contributed by atoms with Crippen LogP contribution in [0, 0.1) is 5.92 Å². The minimum atomic E-state index is -0.203. The molecule has 0 saturated carbocycles. The van der Waals surface area contributed by atoms with Gasteiger partial charge in [-0.15, -0.1) is 0 Å². The minimum Gasteiger partial charge on any atom is -0.317 e. The predicted octanol–water partition coefficient (Wildman–Crippen LogP) is 1.52. The first kappa shape index (κ1) is 12.3. The van der Waals surface area contributed by atoms with Gasteiger partial charge in [0, 0.05) is 32.2 Å². The monoisotopic (exact) mass is 247 g/mol. The molecule has 0 aliphatic heterocycles. The third-order valence-corrected chi connectivity index (χ3v) is 2.56. The van der Waals surface area contributed by atoms with Gasteiger partial charge in [0.1, 0.15) is 5.69 Å². The highest BCUT2D eigenvalue weighted by molar-refractivity contribution is 6.02. The lowest BCUT2D eigenvalue weighted by atomic mass is 10.2. The van der Waals surface area contributed by atoms with Crippen LogP contribution in [0.5, 0.6) is 0 Å². The third kappa shape index (κ3) is 2.58. The molecule has 2 rings (SSSR count). The summed E-state index contributed by atoms with van der Waals surface area (Å²) in [6.07, 6.45) is 5.13. The topological polar surface area (TPSA) is 64.7 Å². The summed E-state index contributed by atoms with van der Waals surface area (Å²) in [6.45, 7) is 5.06. The summed E-state index contributed by atoms with van der Waals surface area (Å²) in [7, 11) is 1.73. The number of carbonyl (C=O) groups is 1. The van der Waals surface area contributed by atoms with Crippen molar-refractivity contribution in [2.45, 2.75) is 20.4 Å². The molecule has 6 heteroatoms. The predicted molar refractivity (Wildman–Crippen MR) is 68.2 cm³/mol. The largest absolute Gasteiger partial charge is 0.317 e. The van der Waals surface area contributed by atoms with E-state index in [1.165, 1.54) is 4.68 Å². The molecule has 0 spiro atoms. The summed E-state index contributed by atoms with van der Waals surface area (Å²) >= 11 is 0. The highest BCUT2D eigenvalue weighted by Crippen LogP contribution is 2.09. The van der Waals surface area contributed by atoms with Crippen LogP contribution in [-0.4, -0.2) is 25.2 Å². The first-order valence-electron chi connectivity index (χ1n) is 5.88. The van der Waals surface area contributed by atoms with Crippen LogP contribution in [0.1, 0.15) is 24.3 Å². The average Bonchev–Trinajstić information content (AvgIpc) is 2.88. The number of aryl methyl sites for hydroxylation is 1. The van der Waals surface area contributed by atoms with Crippen LogP contribution in [0.25, 0.3) is 0 Å². The number of nitrogens with zero attached hydrogens (tertiary/aromatic N) is 4. The molecule has 2 heterocycles. The fraction of sp³-hybridized carbons (Fsp3) is 0.417. The molecule has 1 N–H and O–H groups in total. The van der Waals surface area contributed by atoms with Gasteiger partial charge in [-0.2, -0.15) is 5.10 Å². The molecule has 1 amide bonds. The summed E-state index contributed by atoms with van der Waals surface area (Å²) < 4.78 is 3.46. The molecule has 0 bridgehead atoms. The van der Waals surface area contributed by atoms with Crippen LogP contribution in [0.15, 0.2) is 24.7 Å². The number of imidazole rings is 1. The number of nitrogens with one attached hydrogen (secondary N) is 1. The molecule has 0 radical (unpaired) electrons. The van der Waals surface area contributed by atoms with E-state index in [2.05, 4.69) is 29.2 Å². The molecule has 18 heavy (non-hydrogen) atoms. The Hall–Kier alpha value is -2.11. The number of hydrogen-bond acceptors (Lipinski definition) is 3. The maximum atomic E-state index is 12.0. The third-order valence-electron chi connectivity index (χ3n) is 2.56. The number of rotatable bonds is 4. The number of anilines is 1. The molecule has 0 unspecified atom stereocenters. The molecule has 2 aromatic heterocycles. The van der Waals surface area contributed by atoms with Gasteiger partial charge in [-0.1, -0.05) is 13.8 Å². The Kier molecular flexibility index (Phi) is 3.45. The normalized spacial score (nSPS) is 10.9. The molecular formula is C12H17N5O. The Bertz CT molecular complexity index is 540. The Morgan fingerprint density at radius 1 is 1.44 bits per heavy atom. The highest BCUT2D eigenvalue weighted by atomic mass is 16.2. The molecule has 2 aromatic rings. The van der Waals surface area contributed by atoms with E-state index in [9.17, 15) is 4.79 Å².